The molecule has 0 bridgehead atoms. The highest BCUT2D eigenvalue weighted by molar-refractivity contribution is 7.92. The van der Waals surface area contributed by atoms with Gasteiger partial charge in [0.15, 0.2) is 0 Å². The second-order valence-corrected chi connectivity index (χ2v) is 12.3. The monoisotopic (exact) mass is 633 g/mol. The van der Waals surface area contributed by atoms with Gasteiger partial charge in [-0.3, -0.25) is 13.9 Å². The molecule has 0 radical (unpaired) electrons. The maximum absolute atomic E-state index is 14.1. The van der Waals surface area contributed by atoms with Gasteiger partial charge in [-0.1, -0.05) is 67.7 Å². The summed E-state index contributed by atoms with van der Waals surface area (Å²) in [5.74, 6) is -0.316. The Bertz CT molecular complexity index is 1440. The molecule has 0 saturated heterocycles. The summed E-state index contributed by atoms with van der Waals surface area (Å²) in [6, 6.07) is 18.6. The molecule has 2 amide bonds. The third kappa shape index (κ3) is 8.63. The van der Waals surface area contributed by atoms with Crippen molar-refractivity contribution >= 4 is 50.7 Å². The molecule has 11 heteroatoms. The molecule has 8 nitrogen and oxygen atoms in total. The van der Waals surface area contributed by atoms with E-state index in [0.717, 1.165) is 17.1 Å². The number of hydrogen-bond donors (Lipinski definition) is 1. The number of anilines is 1. The molecule has 0 fully saturated rings. The van der Waals surface area contributed by atoms with Crippen molar-refractivity contribution in [2.75, 3.05) is 24.0 Å². The van der Waals surface area contributed by atoms with E-state index in [-0.39, 0.29) is 17.3 Å². The molecule has 3 rings (SSSR count). The molecular weight excluding hydrogens is 597 g/mol. The summed E-state index contributed by atoms with van der Waals surface area (Å²) in [6.07, 6.45) is 2.02. The number of unbranched alkanes of at least 4 members (excludes halogenated alkanes) is 1. The molecule has 3 aromatic rings. The number of rotatable bonds is 15. The van der Waals surface area contributed by atoms with Crippen LogP contribution in [0.2, 0.25) is 10.0 Å². The zero-order valence-electron chi connectivity index (χ0n) is 24.1. The molecule has 226 valence electrons. The lowest BCUT2D eigenvalue weighted by atomic mass is 10.1. The lowest BCUT2D eigenvalue weighted by Gasteiger charge is -2.33. The zero-order valence-corrected chi connectivity index (χ0v) is 26.4. The largest absolute Gasteiger partial charge is 0.494 e. The number of carbonyl (C=O) groups excluding carboxylic acids is 2. The van der Waals surface area contributed by atoms with Crippen molar-refractivity contribution in [3.05, 3.63) is 88.4 Å². The highest BCUT2D eigenvalue weighted by Crippen LogP contribution is 2.27. The standard InChI is InChI=1S/C31H37Cl2N3O5S/c1-4-7-19-34-31(38)29(5-2)35(21-23-13-18-27(32)28(33)20-23)30(37)22-36(24-11-9-8-10-12-24)42(39,40)26-16-14-25(15-17-26)41-6-3/h8-18,20,29H,4-7,19,21-22H2,1-3H3,(H,34,38). The van der Waals surface area contributed by atoms with Gasteiger partial charge in [-0.2, -0.15) is 0 Å². The van der Waals surface area contributed by atoms with Gasteiger partial charge >= 0.3 is 0 Å². The van der Waals surface area contributed by atoms with Gasteiger partial charge in [0.05, 0.1) is 27.2 Å². The van der Waals surface area contributed by atoms with Gasteiger partial charge in [0.1, 0.15) is 18.3 Å². The van der Waals surface area contributed by atoms with Crippen LogP contribution in [-0.2, 0) is 26.2 Å². The lowest BCUT2D eigenvalue weighted by Crippen LogP contribution is -2.52. The Kier molecular flexibility index (Phi) is 12.5. The number of benzene rings is 3. The zero-order chi connectivity index (χ0) is 30.7. The number of halogens is 2. The fourth-order valence-corrected chi connectivity index (χ4v) is 6.12. The Labute approximate surface area is 258 Å². The molecule has 1 atom stereocenters. The average molecular weight is 635 g/mol. The third-order valence-electron chi connectivity index (χ3n) is 6.60. The minimum atomic E-state index is -4.18. The van der Waals surface area contributed by atoms with Crippen LogP contribution >= 0.6 is 23.2 Å². The Morgan fingerprint density at radius 2 is 1.62 bits per heavy atom. The van der Waals surface area contributed by atoms with Gasteiger partial charge in [0, 0.05) is 13.1 Å². The van der Waals surface area contributed by atoms with Crippen molar-refractivity contribution in [1.82, 2.24) is 10.2 Å². The van der Waals surface area contributed by atoms with E-state index in [4.69, 9.17) is 27.9 Å². The molecule has 0 aliphatic carbocycles. The number of nitrogens with one attached hydrogen (secondary N) is 1. The maximum Gasteiger partial charge on any atom is 0.264 e. The minimum Gasteiger partial charge on any atom is -0.494 e. The van der Waals surface area contributed by atoms with Crippen LogP contribution in [0, 0.1) is 0 Å². The third-order valence-corrected chi connectivity index (χ3v) is 9.13. The van der Waals surface area contributed by atoms with Crippen molar-refractivity contribution in [1.29, 1.82) is 0 Å². The van der Waals surface area contributed by atoms with Crippen molar-refractivity contribution in [3.63, 3.8) is 0 Å². The van der Waals surface area contributed by atoms with Crippen LogP contribution in [0.15, 0.2) is 77.7 Å². The summed E-state index contributed by atoms with van der Waals surface area (Å²) in [4.78, 5) is 28.8. The van der Waals surface area contributed by atoms with E-state index in [9.17, 15) is 18.0 Å². The maximum atomic E-state index is 14.1. The van der Waals surface area contributed by atoms with E-state index < -0.39 is 28.5 Å². The SMILES string of the molecule is CCCCNC(=O)C(CC)N(Cc1ccc(Cl)c(Cl)c1)C(=O)CN(c1ccccc1)S(=O)(=O)c1ccc(OCC)cc1. The van der Waals surface area contributed by atoms with Gasteiger partial charge in [-0.15, -0.1) is 0 Å². The average Bonchev–Trinajstić information content (AvgIpc) is 2.98. The van der Waals surface area contributed by atoms with Crippen LogP contribution in [-0.4, -0.2) is 50.9 Å². The summed E-state index contributed by atoms with van der Waals surface area (Å²) >= 11 is 12.4. The molecule has 0 aliphatic rings. The molecule has 0 heterocycles. The van der Waals surface area contributed by atoms with Gasteiger partial charge in [-0.05, 0) is 73.9 Å². The highest BCUT2D eigenvalue weighted by atomic mass is 35.5. The van der Waals surface area contributed by atoms with E-state index in [1.807, 2.05) is 20.8 Å². The predicted molar refractivity (Wildman–Crippen MR) is 168 cm³/mol. The van der Waals surface area contributed by atoms with E-state index in [2.05, 4.69) is 5.32 Å². The highest BCUT2D eigenvalue weighted by Gasteiger charge is 2.33. The Morgan fingerprint density at radius 3 is 2.21 bits per heavy atom. The molecular formula is C31H37Cl2N3O5S. The van der Waals surface area contributed by atoms with Crippen LogP contribution in [0.4, 0.5) is 5.69 Å². The molecule has 1 N–H and O–H groups in total. The fraction of sp³-hybridized carbons (Fsp3) is 0.355. The molecule has 0 saturated carbocycles. The number of nitrogens with zero attached hydrogens (tertiary/aromatic N) is 2. The van der Waals surface area contributed by atoms with Crippen molar-refractivity contribution in [3.8, 4) is 5.75 Å². The van der Waals surface area contributed by atoms with Crippen molar-refractivity contribution in [2.45, 2.75) is 57.5 Å². The molecule has 0 aliphatic heterocycles. The fourth-order valence-electron chi connectivity index (χ4n) is 4.39. The first-order valence-corrected chi connectivity index (χ1v) is 16.1. The summed E-state index contributed by atoms with van der Waals surface area (Å²) in [6.45, 7) is 6.09. The van der Waals surface area contributed by atoms with E-state index >= 15 is 0 Å². The summed E-state index contributed by atoms with van der Waals surface area (Å²) in [5, 5.41) is 3.58. The lowest BCUT2D eigenvalue weighted by molar-refractivity contribution is -0.140. The van der Waals surface area contributed by atoms with E-state index in [1.165, 1.54) is 17.0 Å². The molecule has 0 aromatic heterocycles. The van der Waals surface area contributed by atoms with Crippen LogP contribution in [0.1, 0.15) is 45.6 Å². The summed E-state index contributed by atoms with van der Waals surface area (Å²) in [7, 11) is -4.18. The van der Waals surface area contributed by atoms with Gasteiger partial charge in [0.25, 0.3) is 10.0 Å². The number of amides is 2. The van der Waals surface area contributed by atoms with Gasteiger partial charge in [0.2, 0.25) is 11.8 Å². The second-order valence-electron chi connectivity index (χ2n) is 9.59. The number of hydrogen-bond acceptors (Lipinski definition) is 5. The quantitative estimate of drug-likeness (QED) is 0.198. The number of ether oxygens (including phenoxy) is 1. The summed E-state index contributed by atoms with van der Waals surface area (Å²) in [5.41, 5.74) is 0.966. The number of carbonyl (C=O) groups is 2. The Morgan fingerprint density at radius 1 is 0.929 bits per heavy atom. The van der Waals surface area contributed by atoms with Crippen molar-refractivity contribution in [2.24, 2.45) is 0 Å². The van der Waals surface area contributed by atoms with Crippen molar-refractivity contribution < 1.29 is 22.7 Å². The first-order chi connectivity index (χ1) is 20.1. The van der Waals surface area contributed by atoms with Gasteiger partial charge < -0.3 is 15.0 Å². The Balaban J connectivity index is 2.01. The first kappa shape index (κ1) is 33.2. The molecule has 0 spiro atoms. The van der Waals surface area contributed by atoms with Gasteiger partial charge in [-0.25, -0.2) is 8.42 Å². The molecule has 42 heavy (non-hydrogen) atoms. The van der Waals surface area contributed by atoms with Crippen LogP contribution in [0.5, 0.6) is 5.75 Å². The van der Waals surface area contributed by atoms with Crippen LogP contribution in [0.25, 0.3) is 0 Å². The van der Waals surface area contributed by atoms with Crippen LogP contribution < -0.4 is 14.4 Å². The van der Waals surface area contributed by atoms with Crippen LogP contribution in [0.3, 0.4) is 0 Å². The second kappa shape index (κ2) is 15.8. The van der Waals surface area contributed by atoms with E-state index in [1.54, 1.807) is 60.7 Å². The topological polar surface area (TPSA) is 96.0 Å². The minimum absolute atomic E-state index is 0.00277. The Hall–Kier alpha value is -3.27. The number of sulfonamides is 1. The number of para-hydroxylation sites is 1. The normalized spacial score (nSPS) is 11.9. The molecule has 3 aromatic carbocycles. The van der Waals surface area contributed by atoms with E-state index in [0.29, 0.717) is 46.6 Å². The summed E-state index contributed by atoms with van der Waals surface area (Å²) < 4.78 is 34.4. The smallest absolute Gasteiger partial charge is 0.264 e. The molecule has 1 unspecified atom stereocenters. The first-order valence-electron chi connectivity index (χ1n) is 13.9. The predicted octanol–water partition coefficient (Wildman–Crippen LogP) is 6.31.